The van der Waals surface area contributed by atoms with Crippen molar-refractivity contribution in [3.8, 4) is 0 Å². The largest absolute Gasteiger partial charge is 0.394 e. The number of rotatable bonds is 42. The molecule has 348 valence electrons. The van der Waals surface area contributed by atoms with Crippen LogP contribution in [0.15, 0.2) is 24.3 Å². The van der Waals surface area contributed by atoms with Gasteiger partial charge >= 0.3 is 0 Å². The monoisotopic (exact) mass is 838 g/mol. The Balaban J connectivity index is 2.28. The smallest absolute Gasteiger partial charge is 0.220 e. The molecule has 9 nitrogen and oxygen atoms in total. The summed E-state index contributed by atoms with van der Waals surface area (Å²) >= 11 is 0. The van der Waals surface area contributed by atoms with E-state index in [2.05, 4.69) is 31.3 Å². The first-order chi connectivity index (χ1) is 28.8. The van der Waals surface area contributed by atoms with Crippen LogP contribution < -0.4 is 5.32 Å². The second-order valence-electron chi connectivity index (χ2n) is 17.6. The lowest BCUT2D eigenvalue weighted by atomic mass is 9.99. The molecule has 0 spiro atoms. The highest BCUT2D eigenvalue weighted by Crippen LogP contribution is 2.23. The summed E-state index contributed by atoms with van der Waals surface area (Å²) in [5.41, 5.74) is 0. The minimum absolute atomic E-state index is 0.183. The molecule has 1 amide bonds. The molecule has 2 unspecified atom stereocenters. The number of aliphatic hydroxyl groups is 5. The fourth-order valence-corrected chi connectivity index (χ4v) is 8.00. The van der Waals surface area contributed by atoms with E-state index in [-0.39, 0.29) is 12.5 Å². The van der Waals surface area contributed by atoms with E-state index in [1.807, 2.05) is 6.08 Å². The number of allylic oxidation sites excluding steroid dienone is 3. The maximum Gasteiger partial charge on any atom is 0.220 e. The summed E-state index contributed by atoms with van der Waals surface area (Å²) in [5.74, 6) is -0.183. The Labute approximate surface area is 362 Å². The van der Waals surface area contributed by atoms with Crippen LogP contribution in [-0.2, 0) is 14.3 Å². The van der Waals surface area contributed by atoms with E-state index >= 15 is 0 Å². The first-order valence-corrected chi connectivity index (χ1v) is 25.1. The van der Waals surface area contributed by atoms with Gasteiger partial charge in [-0.3, -0.25) is 4.79 Å². The van der Waals surface area contributed by atoms with Gasteiger partial charge in [0.2, 0.25) is 5.91 Å². The predicted octanol–water partition coefficient (Wildman–Crippen LogP) is 11.1. The Bertz CT molecular complexity index is 977. The van der Waals surface area contributed by atoms with Gasteiger partial charge < -0.3 is 40.3 Å². The van der Waals surface area contributed by atoms with E-state index in [1.54, 1.807) is 6.08 Å². The average molecular weight is 838 g/mol. The van der Waals surface area contributed by atoms with Crippen LogP contribution in [0.5, 0.6) is 0 Å². The van der Waals surface area contributed by atoms with Crippen molar-refractivity contribution in [3.05, 3.63) is 24.3 Å². The van der Waals surface area contributed by atoms with Crippen LogP contribution in [0.3, 0.4) is 0 Å². The molecule has 9 heteroatoms. The molecule has 0 saturated carbocycles. The van der Waals surface area contributed by atoms with Crippen molar-refractivity contribution in [2.24, 2.45) is 0 Å². The van der Waals surface area contributed by atoms with E-state index in [0.29, 0.717) is 6.42 Å². The highest BCUT2D eigenvalue weighted by Gasteiger charge is 2.44. The first-order valence-electron chi connectivity index (χ1n) is 25.1. The van der Waals surface area contributed by atoms with Crippen LogP contribution in [0.25, 0.3) is 0 Å². The Morgan fingerprint density at radius 2 is 0.966 bits per heavy atom. The molecular formula is C50H95NO8. The maximum atomic E-state index is 13.0. The number of carbonyl (C=O) groups is 1. The summed E-state index contributed by atoms with van der Waals surface area (Å²) in [7, 11) is 0. The molecule has 0 bridgehead atoms. The first kappa shape index (κ1) is 55.7. The number of aliphatic hydroxyl groups excluding tert-OH is 5. The quantitative estimate of drug-likeness (QED) is 0.0263. The maximum absolute atomic E-state index is 13.0. The molecule has 0 aromatic heterocycles. The lowest BCUT2D eigenvalue weighted by Crippen LogP contribution is -2.60. The van der Waals surface area contributed by atoms with Gasteiger partial charge in [-0.2, -0.15) is 0 Å². The molecule has 0 aliphatic carbocycles. The zero-order valence-corrected chi connectivity index (χ0v) is 38.3. The van der Waals surface area contributed by atoms with Crippen LogP contribution in [0, 0.1) is 0 Å². The molecule has 1 aliphatic heterocycles. The van der Waals surface area contributed by atoms with Gasteiger partial charge in [-0.05, 0) is 32.1 Å². The molecule has 1 heterocycles. The van der Waals surface area contributed by atoms with E-state index in [1.165, 1.54) is 173 Å². The standard InChI is InChI=1S/C50H95NO8/c1-3-5-7-9-11-13-15-17-19-20-21-22-23-24-25-26-28-30-32-34-36-38-40-46(54)51-43(42-58-50-49(57)48(56)47(55)45(41-52)59-50)44(53)39-37-35-33-31-29-27-18-16-14-12-10-8-6-4-2/h29,31,37,39,43-45,47-50,52-53,55-57H,3-28,30,32-36,38,40-42H2,1-2H3,(H,51,54)/b31-29+,39-37+/t43-,44+,45-,47-,48?,49?,50-/m0/s1. The van der Waals surface area contributed by atoms with Crippen molar-refractivity contribution in [2.45, 2.75) is 275 Å². The summed E-state index contributed by atoms with van der Waals surface area (Å²) in [5, 5.41) is 54.2. The van der Waals surface area contributed by atoms with Crippen LogP contribution >= 0.6 is 0 Å². The van der Waals surface area contributed by atoms with Crippen molar-refractivity contribution in [1.29, 1.82) is 0 Å². The SMILES string of the molecule is CCCCCCCCCC/C=C/CC/C=C/[C@@H](O)[C@H](CO[C@H]1O[C@@H](CO)[C@H](O)C(O)C1O)NC(=O)CCCCCCCCCCCCCCCCCCCCCCCC. The van der Waals surface area contributed by atoms with Crippen molar-refractivity contribution in [3.63, 3.8) is 0 Å². The summed E-state index contributed by atoms with van der Waals surface area (Å²) in [4.78, 5) is 13.0. The van der Waals surface area contributed by atoms with Crippen LogP contribution in [-0.4, -0.2) is 87.5 Å². The minimum atomic E-state index is -1.57. The van der Waals surface area contributed by atoms with Gasteiger partial charge in [0, 0.05) is 6.42 Å². The molecule has 1 aliphatic rings. The van der Waals surface area contributed by atoms with Gasteiger partial charge in [0.25, 0.3) is 0 Å². The van der Waals surface area contributed by atoms with Crippen molar-refractivity contribution in [2.75, 3.05) is 13.2 Å². The van der Waals surface area contributed by atoms with Crippen molar-refractivity contribution in [1.82, 2.24) is 5.32 Å². The van der Waals surface area contributed by atoms with Gasteiger partial charge in [-0.1, -0.05) is 218 Å². The lowest BCUT2D eigenvalue weighted by Gasteiger charge is -2.40. The van der Waals surface area contributed by atoms with E-state index in [4.69, 9.17) is 9.47 Å². The normalized spacial score (nSPS) is 20.8. The van der Waals surface area contributed by atoms with E-state index in [0.717, 1.165) is 38.5 Å². The third kappa shape index (κ3) is 31.2. The molecule has 6 N–H and O–H groups in total. The number of hydrogen-bond acceptors (Lipinski definition) is 8. The average Bonchev–Trinajstić information content (AvgIpc) is 3.23. The molecule has 0 aromatic carbocycles. The minimum Gasteiger partial charge on any atom is -0.394 e. The molecule has 1 rings (SSSR count). The topological polar surface area (TPSA) is 149 Å². The summed E-state index contributed by atoms with van der Waals surface area (Å²) in [6.45, 7) is 3.77. The highest BCUT2D eigenvalue weighted by atomic mass is 16.7. The van der Waals surface area contributed by atoms with Gasteiger partial charge in [0.05, 0.1) is 25.4 Å². The molecule has 0 radical (unpaired) electrons. The summed E-state index contributed by atoms with van der Waals surface area (Å²) in [6, 6.07) is -0.816. The number of amides is 1. The number of nitrogens with one attached hydrogen (secondary N) is 1. The Morgan fingerprint density at radius 1 is 0.559 bits per heavy atom. The third-order valence-corrected chi connectivity index (χ3v) is 12.0. The Kier molecular flexibility index (Phi) is 38.4. The molecule has 0 aromatic rings. The highest BCUT2D eigenvalue weighted by molar-refractivity contribution is 5.76. The fourth-order valence-electron chi connectivity index (χ4n) is 8.00. The molecular weight excluding hydrogens is 743 g/mol. The van der Waals surface area contributed by atoms with Gasteiger partial charge in [0.1, 0.15) is 24.4 Å². The molecule has 7 atom stereocenters. The molecule has 1 fully saturated rings. The third-order valence-electron chi connectivity index (χ3n) is 12.0. The van der Waals surface area contributed by atoms with Crippen LogP contribution in [0.2, 0.25) is 0 Å². The number of hydrogen-bond donors (Lipinski definition) is 6. The van der Waals surface area contributed by atoms with Gasteiger partial charge in [-0.15, -0.1) is 0 Å². The predicted molar refractivity (Wildman–Crippen MR) is 244 cm³/mol. The van der Waals surface area contributed by atoms with Crippen molar-refractivity contribution < 1.29 is 39.8 Å². The summed E-state index contributed by atoms with van der Waals surface area (Å²) < 4.78 is 11.2. The van der Waals surface area contributed by atoms with Crippen molar-refractivity contribution >= 4 is 5.91 Å². The molecule has 59 heavy (non-hydrogen) atoms. The second kappa shape index (κ2) is 40.7. The Morgan fingerprint density at radius 3 is 1.42 bits per heavy atom. The number of carbonyl (C=O) groups excluding carboxylic acids is 1. The van der Waals surface area contributed by atoms with E-state index < -0.39 is 49.5 Å². The van der Waals surface area contributed by atoms with Gasteiger partial charge in [0.15, 0.2) is 6.29 Å². The second-order valence-corrected chi connectivity index (χ2v) is 17.6. The summed E-state index contributed by atoms with van der Waals surface area (Å²) in [6.07, 6.45) is 42.3. The lowest BCUT2D eigenvalue weighted by molar-refractivity contribution is -0.302. The molecule has 1 saturated heterocycles. The van der Waals surface area contributed by atoms with E-state index in [9.17, 15) is 30.3 Å². The zero-order valence-electron chi connectivity index (χ0n) is 38.3. The fraction of sp³-hybridized carbons (Fsp3) is 0.900. The zero-order chi connectivity index (χ0) is 43.0. The van der Waals surface area contributed by atoms with Crippen LogP contribution in [0.1, 0.15) is 232 Å². The van der Waals surface area contributed by atoms with Gasteiger partial charge in [-0.25, -0.2) is 0 Å². The van der Waals surface area contributed by atoms with Crippen LogP contribution in [0.4, 0.5) is 0 Å². The Hall–Kier alpha value is -1.33. The number of ether oxygens (including phenoxy) is 2. The number of unbranched alkanes of at least 4 members (excludes halogenated alkanes) is 30.